The zero-order chi connectivity index (χ0) is 13.3. The largest absolute Gasteiger partial charge is 0.293 e. The molecule has 0 aliphatic carbocycles. The average molecular weight is 457 g/mol. The molecule has 0 aliphatic heterocycles. The minimum atomic E-state index is -0.320. The minimum Gasteiger partial charge on any atom is -0.293 e. The summed E-state index contributed by atoms with van der Waals surface area (Å²) in [5.74, 6) is -0.307. The molecule has 0 bridgehead atoms. The third-order valence-corrected chi connectivity index (χ3v) is 6.32. The Bertz CT molecular complexity index is 590. The Labute approximate surface area is 133 Å². The van der Waals surface area contributed by atoms with Gasteiger partial charge in [-0.1, -0.05) is 22.0 Å². The fraction of sp³-hybridized carbons (Fsp3) is 0.0833. The third-order valence-electron chi connectivity index (χ3n) is 2.29. The molecule has 1 aromatic carbocycles. The standard InChI is InChI=1S/C12H6Br3FOS/c13-8-4-7(16)2-1-6(8)3-10(17)11-5-9(14)12(15)18-11/h1-2,4-5H,3H2. The molecule has 2 aromatic rings. The summed E-state index contributed by atoms with van der Waals surface area (Å²) in [6.45, 7) is 0. The first-order valence-electron chi connectivity index (χ1n) is 4.89. The third kappa shape index (κ3) is 3.29. The van der Waals surface area contributed by atoms with E-state index in [4.69, 9.17) is 0 Å². The quantitative estimate of drug-likeness (QED) is 0.549. The molecule has 18 heavy (non-hydrogen) atoms. The normalized spacial score (nSPS) is 10.7. The number of carbonyl (C=O) groups excluding carboxylic acids is 1. The molecule has 0 fully saturated rings. The molecule has 0 radical (unpaired) electrons. The molecular weight excluding hydrogens is 451 g/mol. The topological polar surface area (TPSA) is 17.1 Å². The van der Waals surface area contributed by atoms with E-state index in [1.807, 2.05) is 0 Å². The second kappa shape index (κ2) is 5.94. The zero-order valence-corrected chi connectivity index (χ0v) is 14.4. The first-order valence-corrected chi connectivity index (χ1v) is 8.09. The summed E-state index contributed by atoms with van der Waals surface area (Å²) < 4.78 is 15.3. The van der Waals surface area contributed by atoms with Gasteiger partial charge in [0.05, 0.1) is 8.66 Å². The van der Waals surface area contributed by atoms with Crippen molar-refractivity contribution in [1.29, 1.82) is 0 Å². The Morgan fingerprint density at radius 1 is 1.17 bits per heavy atom. The fourth-order valence-corrected chi connectivity index (χ4v) is 3.87. The lowest BCUT2D eigenvalue weighted by atomic mass is 10.1. The lowest BCUT2D eigenvalue weighted by Gasteiger charge is -2.02. The van der Waals surface area contributed by atoms with Crippen molar-refractivity contribution in [3.8, 4) is 0 Å². The molecule has 0 unspecified atom stereocenters. The van der Waals surface area contributed by atoms with Crippen LogP contribution in [0.15, 0.2) is 37.0 Å². The molecule has 1 aromatic heterocycles. The summed E-state index contributed by atoms with van der Waals surface area (Å²) in [6.07, 6.45) is 0.250. The summed E-state index contributed by atoms with van der Waals surface area (Å²) in [5, 5.41) is 0. The van der Waals surface area contributed by atoms with Gasteiger partial charge in [-0.05, 0) is 55.6 Å². The van der Waals surface area contributed by atoms with Crippen LogP contribution in [0.25, 0.3) is 0 Å². The number of rotatable bonds is 3. The lowest BCUT2D eigenvalue weighted by molar-refractivity contribution is 0.0996. The van der Waals surface area contributed by atoms with Crippen molar-refractivity contribution in [3.05, 3.63) is 53.3 Å². The van der Waals surface area contributed by atoms with Crippen molar-refractivity contribution in [3.63, 3.8) is 0 Å². The Balaban J connectivity index is 2.21. The molecule has 0 spiro atoms. The fourth-order valence-electron chi connectivity index (χ4n) is 1.41. The molecule has 94 valence electrons. The van der Waals surface area contributed by atoms with Crippen LogP contribution in [-0.4, -0.2) is 5.78 Å². The van der Waals surface area contributed by atoms with Gasteiger partial charge in [0.25, 0.3) is 0 Å². The molecule has 6 heteroatoms. The van der Waals surface area contributed by atoms with Gasteiger partial charge >= 0.3 is 0 Å². The molecule has 0 atom stereocenters. The Morgan fingerprint density at radius 2 is 1.89 bits per heavy atom. The van der Waals surface area contributed by atoms with Crippen LogP contribution in [-0.2, 0) is 6.42 Å². The van der Waals surface area contributed by atoms with E-state index in [9.17, 15) is 9.18 Å². The molecule has 2 rings (SSSR count). The predicted octanol–water partition coefficient (Wildman–Crippen LogP) is 5.60. The monoisotopic (exact) mass is 454 g/mol. The van der Waals surface area contributed by atoms with E-state index >= 15 is 0 Å². The summed E-state index contributed by atoms with van der Waals surface area (Å²) in [7, 11) is 0. The van der Waals surface area contributed by atoms with Crippen molar-refractivity contribution >= 4 is 64.9 Å². The summed E-state index contributed by atoms with van der Waals surface area (Å²) in [4.78, 5) is 12.7. The molecule has 0 N–H and O–H groups in total. The van der Waals surface area contributed by atoms with Gasteiger partial charge in [-0.3, -0.25) is 4.79 Å². The SMILES string of the molecule is O=C(Cc1ccc(F)cc1Br)c1cc(Br)c(Br)s1. The van der Waals surface area contributed by atoms with Crippen LogP contribution < -0.4 is 0 Å². The number of benzene rings is 1. The van der Waals surface area contributed by atoms with Gasteiger partial charge in [0, 0.05) is 15.4 Å². The van der Waals surface area contributed by atoms with E-state index < -0.39 is 0 Å². The number of halogens is 4. The Kier molecular flexibility index (Phi) is 4.75. The number of thiophene rings is 1. The number of Topliss-reactive ketones (excluding diaryl/α,β-unsaturated/α-hetero) is 1. The average Bonchev–Trinajstić information content (AvgIpc) is 2.63. The molecule has 0 amide bonds. The van der Waals surface area contributed by atoms with Gasteiger partial charge in [0.2, 0.25) is 0 Å². The maximum atomic E-state index is 12.9. The number of hydrogen-bond acceptors (Lipinski definition) is 2. The predicted molar refractivity (Wildman–Crippen MR) is 81.9 cm³/mol. The minimum absolute atomic E-state index is 0.0127. The maximum absolute atomic E-state index is 12.9. The highest BCUT2D eigenvalue weighted by molar-refractivity contribution is 9.13. The second-order valence-corrected chi connectivity index (χ2v) is 7.65. The highest BCUT2D eigenvalue weighted by Gasteiger charge is 2.14. The Hall–Kier alpha value is -0.0400. The summed E-state index contributed by atoms with van der Waals surface area (Å²) in [6, 6.07) is 6.13. The van der Waals surface area contributed by atoms with Crippen LogP contribution in [0.2, 0.25) is 0 Å². The molecule has 0 saturated heterocycles. The van der Waals surface area contributed by atoms with Gasteiger partial charge in [-0.15, -0.1) is 11.3 Å². The molecule has 0 saturated carbocycles. The van der Waals surface area contributed by atoms with E-state index in [0.717, 1.165) is 13.8 Å². The zero-order valence-electron chi connectivity index (χ0n) is 8.84. The van der Waals surface area contributed by atoms with E-state index in [1.165, 1.54) is 23.5 Å². The number of hydrogen-bond donors (Lipinski definition) is 0. The van der Waals surface area contributed by atoms with Gasteiger partial charge in [-0.2, -0.15) is 0 Å². The summed E-state index contributed by atoms with van der Waals surface area (Å²) >= 11 is 11.3. The number of carbonyl (C=O) groups is 1. The van der Waals surface area contributed by atoms with Crippen molar-refractivity contribution in [1.82, 2.24) is 0 Å². The maximum Gasteiger partial charge on any atom is 0.177 e. The first-order chi connectivity index (χ1) is 8.47. The molecule has 1 nitrogen and oxygen atoms in total. The molecule has 1 heterocycles. The van der Waals surface area contributed by atoms with E-state index in [-0.39, 0.29) is 18.0 Å². The van der Waals surface area contributed by atoms with Crippen LogP contribution in [0, 0.1) is 5.82 Å². The summed E-state index contributed by atoms with van der Waals surface area (Å²) in [5.41, 5.74) is 0.780. The van der Waals surface area contributed by atoms with Crippen LogP contribution in [0.5, 0.6) is 0 Å². The highest BCUT2D eigenvalue weighted by Crippen LogP contribution is 2.33. The van der Waals surface area contributed by atoms with Crippen molar-refractivity contribution in [2.45, 2.75) is 6.42 Å². The van der Waals surface area contributed by atoms with Crippen LogP contribution in [0.1, 0.15) is 15.2 Å². The number of ketones is 1. The molecule has 0 aliphatic rings. The van der Waals surface area contributed by atoms with Crippen molar-refractivity contribution in [2.75, 3.05) is 0 Å². The van der Waals surface area contributed by atoms with Gasteiger partial charge in [-0.25, -0.2) is 4.39 Å². The molecular formula is C12H6Br3FOS. The van der Waals surface area contributed by atoms with Crippen LogP contribution in [0.3, 0.4) is 0 Å². The highest BCUT2D eigenvalue weighted by atomic mass is 79.9. The van der Waals surface area contributed by atoms with Gasteiger partial charge in [0.1, 0.15) is 5.82 Å². The second-order valence-electron chi connectivity index (χ2n) is 3.57. The van der Waals surface area contributed by atoms with Crippen molar-refractivity contribution in [2.24, 2.45) is 0 Å². The Morgan fingerprint density at radius 3 is 2.44 bits per heavy atom. The lowest BCUT2D eigenvalue weighted by Crippen LogP contribution is -2.02. The van der Waals surface area contributed by atoms with E-state index in [2.05, 4.69) is 47.8 Å². The first kappa shape index (κ1) is 14.4. The van der Waals surface area contributed by atoms with E-state index in [1.54, 1.807) is 12.1 Å². The smallest absolute Gasteiger partial charge is 0.177 e. The van der Waals surface area contributed by atoms with Gasteiger partial charge < -0.3 is 0 Å². The van der Waals surface area contributed by atoms with Gasteiger partial charge in [0.15, 0.2) is 5.78 Å². The van der Waals surface area contributed by atoms with E-state index in [0.29, 0.717) is 9.35 Å². The van der Waals surface area contributed by atoms with Crippen LogP contribution in [0.4, 0.5) is 4.39 Å². The van der Waals surface area contributed by atoms with Crippen molar-refractivity contribution < 1.29 is 9.18 Å². The van der Waals surface area contributed by atoms with Crippen LogP contribution >= 0.6 is 59.1 Å².